The molecule has 21 heavy (non-hydrogen) atoms. The molecule has 1 aromatic heterocycles. The van der Waals surface area contributed by atoms with E-state index in [-0.39, 0.29) is 5.75 Å². The van der Waals surface area contributed by atoms with Crippen molar-refractivity contribution in [1.82, 2.24) is 9.55 Å². The molecule has 0 atom stereocenters. The van der Waals surface area contributed by atoms with E-state index in [0.29, 0.717) is 11.8 Å². The Morgan fingerprint density at radius 2 is 2.24 bits per heavy atom. The molecule has 1 aromatic carbocycles. The third kappa shape index (κ3) is 4.17. The lowest BCUT2D eigenvalue weighted by atomic mass is 10.2. The monoisotopic (exact) mass is 306 g/mol. The number of rotatable bonds is 6. The number of thioether (sulfide) groups is 1. The summed E-state index contributed by atoms with van der Waals surface area (Å²) in [7, 11) is 1.61. The van der Waals surface area contributed by atoms with Gasteiger partial charge in [0.15, 0.2) is 5.16 Å². The highest BCUT2D eigenvalue weighted by atomic mass is 32.2. The molecule has 0 radical (unpaired) electrons. The first-order valence-electron chi connectivity index (χ1n) is 6.12. The van der Waals surface area contributed by atoms with E-state index < -0.39 is 11.5 Å². The van der Waals surface area contributed by atoms with Crippen LogP contribution in [0, 0.1) is 0 Å². The number of hydrogen-bond acceptors (Lipinski definition) is 5. The van der Waals surface area contributed by atoms with E-state index in [0.717, 1.165) is 23.0 Å². The predicted molar refractivity (Wildman–Crippen MR) is 78.9 cm³/mol. The van der Waals surface area contributed by atoms with Crippen molar-refractivity contribution in [3.05, 3.63) is 52.4 Å². The van der Waals surface area contributed by atoms with Crippen LogP contribution in [-0.2, 0) is 16.1 Å². The molecule has 2 rings (SSSR count). The van der Waals surface area contributed by atoms with Crippen LogP contribution in [0.15, 0.2) is 46.5 Å². The second-order valence-electron chi connectivity index (χ2n) is 4.20. The molecule has 1 N–H and O–H groups in total. The van der Waals surface area contributed by atoms with Crippen molar-refractivity contribution in [2.45, 2.75) is 11.8 Å². The number of hydrogen-bond donors (Lipinski definition) is 1. The van der Waals surface area contributed by atoms with Crippen LogP contribution in [0.2, 0.25) is 0 Å². The molecule has 1 heterocycles. The first-order valence-corrected chi connectivity index (χ1v) is 7.11. The molecule has 0 unspecified atom stereocenters. The van der Waals surface area contributed by atoms with E-state index in [4.69, 9.17) is 9.84 Å². The Kier molecular flexibility index (Phi) is 5.13. The summed E-state index contributed by atoms with van der Waals surface area (Å²) < 4.78 is 6.78. The second kappa shape index (κ2) is 7.05. The third-order valence-corrected chi connectivity index (χ3v) is 3.54. The van der Waals surface area contributed by atoms with E-state index >= 15 is 0 Å². The van der Waals surface area contributed by atoms with Crippen LogP contribution in [0.1, 0.15) is 5.56 Å². The minimum absolute atomic E-state index is 0.159. The number of carboxylic acid groups (broad SMARTS) is 1. The molecule has 0 aliphatic carbocycles. The maximum absolute atomic E-state index is 11.4. The van der Waals surface area contributed by atoms with Crippen molar-refractivity contribution in [3.8, 4) is 5.69 Å². The minimum atomic E-state index is -0.960. The number of carbonyl (C=O) groups is 1. The highest BCUT2D eigenvalue weighted by Crippen LogP contribution is 2.19. The molecule has 0 saturated carbocycles. The number of benzene rings is 1. The molecule has 0 amide bonds. The molecule has 0 saturated heterocycles. The normalized spacial score (nSPS) is 10.5. The quantitative estimate of drug-likeness (QED) is 0.644. The highest BCUT2D eigenvalue weighted by Gasteiger charge is 2.09. The van der Waals surface area contributed by atoms with Crippen molar-refractivity contribution in [2.24, 2.45) is 0 Å². The summed E-state index contributed by atoms with van der Waals surface area (Å²) in [5.41, 5.74) is 1.38. The van der Waals surface area contributed by atoms with Gasteiger partial charge < -0.3 is 9.84 Å². The largest absolute Gasteiger partial charge is 0.481 e. The van der Waals surface area contributed by atoms with Gasteiger partial charge in [0.25, 0.3) is 5.56 Å². The number of ether oxygens (including phenoxy) is 1. The zero-order chi connectivity index (χ0) is 15.2. The Hall–Kier alpha value is -2.12. The first kappa shape index (κ1) is 15.3. The van der Waals surface area contributed by atoms with E-state index in [1.807, 2.05) is 24.3 Å². The number of carboxylic acids is 1. The van der Waals surface area contributed by atoms with Crippen LogP contribution >= 0.6 is 11.8 Å². The van der Waals surface area contributed by atoms with E-state index in [9.17, 15) is 9.59 Å². The Morgan fingerprint density at radius 1 is 1.43 bits per heavy atom. The second-order valence-corrected chi connectivity index (χ2v) is 5.15. The van der Waals surface area contributed by atoms with Gasteiger partial charge in [0.1, 0.15) is 0 Å². The summed E-state index contributed by atoms with van der Waals surface area (Å²) in [5, 5.41) is 9.11. The Bertz CT molecular complexity index is 699. The molecule has 0 spiro atoms. The van der Waals surface area contributed by atoms with Crippen molar-refractivity contribution >= 4 is 17.7 Å². The zero-order valence-corrected chi connectivity index (χ0v) is 12.2. The summed E-state index contributed by atoms with van der Waals surface area (Å²) in [6, 6.07) is 8.89. The molecule has 0 aliphatic heterocycles. The van der Waals surface area contributed by atoms with Crippen molar-refractivity contribution in [2.75, 3.05) is 12.9 Å². The van der Waals surface area contributed by atoms with Gasteiger partial charge in [-0.1, -0.05) is 23.9 Å². The number of aliphatic carboxylic acids is 1. The van der Waals surface area contributed by atoms with Gasteiger partial charge >= 0.3 is 5.97 Å². The van der Waals surface area contributed by atoms with Gasteiger partial charge in [-0.3, -0.25) is 14.2 Å². The maximum atomic E-state index is 11.4. The van der Waals surface area contributed by atoms with Gasteiger partial charge in [-0.25, -0.2) is 0 Å². The summed E-state index contributed by atoms with van der Waals surface area (Å²) in [5.74, 6) is -1.12. The van der Waals surface area contributed by atoms with Gasteiger partial charge in [-0.05, 0) is 17.7 Å². The molecule has 2 aromatic rings. The summed E-state index contributed by atoms with van der Waals surface area (Å²) >= 11 is 1.00. The van der Waals surface area contributed by atoms with E-state index in [1.54, 1.807) is 17.9 Å². The molecule has 0 bridgehead atoms. The predicted octanol–water partition coefficient (Wildman–Crippen LogP) is 1.56. The van der Waals surface area contributed by atoms with Crippen molar-refractivity contribution in [3.63, 3.8) is 0 Å². The van der Waals surface area contributed by atoms with Crippen LogP contribution < -0.4 is 5.56 Å². The van der Waals surface area contributed by atoms with Crippen molar-refractivity contribution in [1.29, 1.82) is 0 Å². The van der Waals surface area contributed by atoms with Gasteiger partial charge in [-0.2, -0.15) is 4.98 Å². The molecular weight excluding hydrogens is 292 g/mol. The lowest BCUT2D eigenvalue weighted by molar-refractivity contribution is -0.133. The Morgan fingerprint density at radius 3 is 2.95 bits per heavy atom. The maximum Gasteiger partial charge on any atom is 0.313 e. The topological polar surface area (TPSA) is 81.4 Å². The smallest absolute Gasteiger partial charge is 0.313 e. The first-order chi connectivity index (χ1) is 10.1. The summed E-state index contributed by atoms with van der Waals surface area (Å²) in [6.45, 7) is 0.471. The average molecular weight is 306 g/mol. The van der Waals surface area contributed by atoms with E-state index in [2.05, 4.69) is 4.98 Å². The fraction of sp³-hybridized carbons (Fsp3) is 0.214. The molecular formula is C14H14N2O4S. The highest BCUT2D eigenvalue weighted by molar-refractivity contribution is 7.99. The third-order valence-electron chi connectivity index (χ3n) is 2.60. The van der Waals surface area contributed by atoms with Crippen LogP contribution in [0.3, 0.4) is 0 Å². The van der Waals surface area contributed by atoms with Crippen molar-refractivity contribution < 1.29 is 14.6 Å². The number of aromatic nitrogens is 2. The SMILES string of the molecule is COCc1cccc(-n2ccc(=O)nc2SCC(=O)O)c1. The summed E-state index contributed by atoms with van der Waals surface area (Å²) in [6.07, 6.45) is 1.59. The minimum Gasteiger partial charge on any atom is -0.481 e. The number of nitrogens with zero attached hydrogens (tertiary/aromatic N) is 2. The van der Waals surface area contributed by atoms with Gasteiger partial charge in [0, 0.05) is 25.1 Å². The molecule has 0 aliphatic rings. The Labute approximate surface area is 125 Å². The number of methoxy groups -OCH3 is 1. The van der Waals surface area contributed by atoms with Crippen LogP contribution in [-0.4, -0.2) is 33.5 Å². The van der Waals surface area contributed by atoms with Gasteiger partial charge in [-0.15, -0.1) is 0 Å². The molecule has 7 heteroatoms. The Balaban J connectivity index is 2.40. The summed E-state index contributed by atoms with van der Waals surface area (Å²) in [4.78, 5) is 25.9. The lowest BCUT2D eigenvalue weighted by Gasteiger charge is -2.12. The lowest BCUT2D eigenvalue weighted by Crippen LogP contribution is -2.13. The van der Waals surface area contributed by atoms with E-state index in [1.165, 1.54) is 6.07 Å². The molecule has 0 fully saturated rings. The average Bonchev–Trinajstić information content (AvgIpc) is 2.46. The molecule has 6 nitrogen and oxygen atoms in total. The standard InChI is InChI=1S/C14H14N2O4S/c1-20-8-10-3-2-4-11(7-10)16-6-5-12(17)15-14(16)21-9-13(18)19/h2-7H,8-9H2,1H3,(H,18,19). The van der Waals surface area contributed by atoms with Gasteiger partial charge in [0.05, 0.1) is 12.4 Å². The fourth-order valence-corrected chi connectivity index (χ4v) is 2.49. The zero-order valence-electron chi connectivity index (χ0n) is 11.4. The fourth-order valence-electron chi connectivity index (χ4n) is 1.77. The van der Waals surface area contributed by atoms with Gasteiger partial charge in [0.2, 0.25) is 0 Å². The van der Waals surface area contributed by atoms with Crippen LogP contribution in [0.25, 0.3) is 5.69 Å². The van der Waals surface area contributed by atoms with Crippen LogP contribution in [0.5, 0.6) is 0 Å². The molecule has 110 valence electrons. The van der Waals surface area contributed by atoms with Crippen LogP contribution in [0.4, 0.5) is 0 Å².